The van der Waals surface area contributed by atoms with Crippen molar-refractivity contribution in [2.75, 3.05) is 45.9 Å². The number of halogens is 3. The third-order valence-electron chi connectivity index (χ3n) is 7.56. The molecule has 0 radical (unpaired) electrons. The molecule has 0 bridgehead atoms. The summed E-state index contributed by atoms with van der Waals surface area (Å²) in [5.41, 5.74) is 0.898. The average Bonchev–Trinajstić information content (AvgIpc) is 3.01. The number of piperidine rings is 1. The molecule has 1 heterocycles. The Morgan fingerprint density at radius 2 is 1.55 bits per heavy atom. The lowest BCUT2D eigenvalue weighted by Gasteiger charge is -2.35. The second kappa shape index (κ2) is 13.7. The summed E-state index contributed by atoms with van der Waals surface area (Å²) in [6.45, 7) is 1.05. The molecule has 42 heavy (non-hydrogen) atoms. The second-order valence-electron chi connectivity index (χ2n) is 10.1. The van der Waals surface area contributed by atoms with E-state index in [1.165, 1.54) is 31.3 Å². The summed E-state index contributed by atoms with van der Waals surface area (Å²) in [7, 11) is 4.63. The Bertz CT molecular complexity index is 1340. The van der Waals surface area contributed by atoms with Gasteiger partial charge >= 0.3 is 6.18 Å². The van der Waals surface area contributed by atoms with E-state index in [-0.39, 0.29) is 25.0 Å². The molecule has 0 N–H and O–H groups in total. The molecule has 3 aromatic rings. The van der Waals surface area contributed by atoms with Crippen molar-refractivity contribution in [2.45, 2.75) is 37.5 Å². The largest absolute Gasteiger partial charge is 0.493 e. The maximum Gasteiger partial charge on any atom is 0.416 e. The number of carbonyl (C=O) groups is 2. The summed E-state index contributed by atoms with van der Waals surface area (Å²) < 4.78 is 55.6. The molecule has 1 aliphatic rings. The summed E-state index contributed by atoms with van der Waals surface area (Å²) in [6.07, 6.45) is -2.78. The highest BCUT2D eigenvalue weighted by Crippen LogP contribution is 2.34. The van der Waals surface area contributed by atoms with E-state index in [0.29, 0.717) is 54.2 Å². The number of nitrogens with zero attached hydrogens (tertiary/aromatic N) is 2. The van der Waals surface area contributed by atoms with Crippen molar-refractivity contribution in [1.82, 2.24) is 4.90 Å². The van der Waals surface area contributed by atoms with Crippen LogP contribution in [0.25, 0.3) is 0 Å². The molecular weight excluding hydrogens is 549 g/mol. The first-order chi connectivity index (χ1) is 20.2. The zero-order chi connectivity index (χ0) is 30.3. The van der Waals surface area contributed by atoms with E-state index >= 15 is 0 Å². The van der Waals surface area contributed by atoms with Crippen molar-refractivity contribution in [2.24, 2.45) is 0 Å². The van der Waals surface area contributed by atoms with Crippen LogP contribution in [-0.4, -0.2) is 63.8 Å². The van der Waals surface area contributed by atoms with Gasteiger partial charge in [-0.15, -0.1) is 0 Å². The van der Waals surface area contributed by atoms with Crippen LogP contribution in [0.1, 0.15) is 35.4 Å². The van der Waals surface area contributed by atoms with Gasteiger partial charge in [0.15, 0.2) is 11.5 Å². The van der Waals surface area contributed by atoms with E-state index in [4.69, 9.17) is 14.2 Å². The summed E-state index contributed by atoms with van der Waals surface area (Å²) >= 11 is 0. The fourth-order valence-electron chi connectivity index (χ4n) is 5.15. The van der Waals surface area contributed by atoms with Gasteiger partial charge < -0.3 is 24.0 Å². The highest BCUT2D eigenvalue weighted by Gasteiger charge is 2.37. The summed E-state index contributed by atoms with van der Waals surface area (Å²) in [6, 6.07) is 18.8. The number of methoxy groups -OCH3 is 3. The Hall–Kier alpha value is -4.05. The third-order valence-corrected chi connectivity index (χ3v) is 7.56. The van der Waals surface area contributed by atoms with Crippen LogP contribution in [0.5, 0.6) is 11.5 Å². The molecule has 1 unspecified atom stereocenters. The lowest BCUT2D eigenvalue weighted by Crippen LogP contribution is -2.48. The van der Waals surface area contributed by atoms with Gasteiger partial charge in [-0.05, 0) is 54.7 Å². The Labute approximate surface area is 243 Å². The minimum Gasteiger partial charge on any atom is -0.493 e. The molecule has 1 aliphatic heterocycles. The molecule has 4 rings (SSSR count). The first-order valence-corrected chi connectivity index (χ1v) is 13.7. The number of likely N-dealkylation sites (tertiary alicyclic amines) is 1. The fourth-order valence-corrected chi connectivity index (χ4v) is 5.15. The van der Waals surface area contributed by atoms with Crippen molar-refractivity contribution in [3.05, 3.63) is 89.5 Å². The quantitative estimate of drug-likeness (QED) is 0.285. The van der Waals surface area contributed by atoms with E-state index < -0.39 is 23.6 Å². The number of hydrogen-bond donors (Lipinski definition) is 0. The molecule has 2 amide bonds. The maximum absolute atomic E-state index is 14.4. The van der Waals surface area contributed by atoms with E-state index in [1.807, 2.05) is 6.07 Å². The molecular formula is C32H35F3N2O5. The Morgan fingerprint density at radius 3 is 2.12 bits per heavy atom. The van der Waals surface area contributed by atoms with E-state index in [0.717, 1.165) is 12.1 Å². The minimum absolute atomic E-state index is 0.0620. The lowest BCUT2D eigenvalue weighted by molar-refractivity contribution is -0.139. The van der Waals surface area contributed by atoms with Gasteiger partial charge in [0, 0.05) is 38.5 Å². The number of amides is 2. The van der Waals surface area contributed by atoms with Gasteiger partial charge in [0.1, 0.15) is 5.92 Å². The van der Waals surface area contributed by atoms with Crippen molar-refractivity contribution in [1.29, 1.82) is 0 Å². The molecule has 224 valence electrons. The van der Waals surface area contributed by atoms with Crippen LogP contribution in [-0.2, 0) is 26.9 Å². The molecule has 0 aliphatic carbocycles. The van der Waals surface area contributed by atoms with Crippen LogP contribution >= 0.6 is 0 Å². The average molecular weight is 585 g/mol. The summed E-state index contributed by atoms with van der Waals surface area (Å²) in [5.74, 6) is -1.01. The van der Waals surface area contributed by atoms with Crippen LogP contribution in [0.2, 0.25) is 0 Å². The highest BCUT2D eigenvalue weighted by molar-refractivity contribution is 6.12. The van der Waals surface area contributed by atoms with Crippen LogP contribution < -0.4 is 14.4 Å². The minimum atomic E-state index is -4.44. The highest BCUT2D eigenvalue weighted by atomic mass is 19.4. The molecule has 3 aromatic carbocycles. The monoisotopic (exact) mass is 584 g/mol. The first kappa shape index (κ1) is 30.9. The number of benzene rings is 3. The maximum atomic E-state index is 14.4. The van der Waals surface area contributed by atoms with Crippen LogP contribution in [0, 0.1) is 0 Å². The van der Waals surface area contributed by atoms with Gasteiger partial charge in [-0.3, -0.25) is 9.59 Å². The standard InChI is InChI=1S/C32H35F3N2O5/c1-40-26-16-18-36(19-17-26)30(38)29(23-7-5-4-6-8-23)31(39)37(25-13-14-27(41-2)28(21-25)42-3)20-15-22-9-11-24(12-10-22)32(33,34)35/h4-14,21,26,29H,15-20H2,1-3H3. The van der Waals surface area contributed by atoms with Gasteiger partial charge in [-0.2, -0.15) is 13.2 Å². The normalized spacial score (nSPS) is 14.8. The summed E-state index contributed by atoms with van der Waals surface area (Å²) in [5, 5.41) is 0. The Balaban J connectivity index is 1.69. The zero-order valence-corrected chi connectivity index (χ0v) is 23.9. The van der Waals surface area contributed by atoms with E-state index in [9.17, 15) is 22.8 Å². The molecule has 1 atom stereocenters. The number of anilines is 1. The Morgan fingerprint density at radius 1 is 0.905 bits per heavy atom. The molecule has 7 nitrogen and oxygen atoms in total. The van der Waals surface area contributed by atoms with Gasteiger partial charge in [0.25, 0.3) is 0 Å². The van der Waals surface area contributed by atoms with Crippen molar-refractivity contribution < 1.29 is 37.0 Å². The number of ether oxygens (including phenoxy) is 3. The van der Waals surface area contributed by atoms with Crippen molar-refractivity contribution >= 4 is 17.5 Å². The molecule has 0 aromatic heterocycles. The number of alkyl halides is 3. The lowest BCUT2D eigenvalue weighted by atomic mass is 9.94. The summed E-state index contributed by atoms with van der Waals surface area (Å²) in [4.78, 5) is 31.6. The topological polar surface area (TPSA) is 68.3 Å². The second-order valence-corrected chi connectivity index (χ2v) is 10.1. The Kier molecular flexibility index (Phi) is 10.1. The van der Waals surface area contributed by atoms with E-state index in [1.54, 1.807) is 54.5 Å². The van der Waals surface area contributed by atoms with Crippen LogP contribution in [0.4, 0.5) is 18.9 Å². The molecule has 10 heteroatoms. The molecule has 1 fully saturated rings. The van der Waals surface area contributed by atoms with Gasteiger partial charge in [0.05, 0.1) is 25.9 Å². The predicted octanol–water partition coefficient (Wildman–Crippen LogP) is 5.72. The zero-order valence-electron chi connectivity index (χ0n) is 23.9. The van der Waals surface area contributed by atoms with Crippen molar-refractivity contribution in [3.8, 4) is 11.5 Å². The fraction of sp³-hybridized carbons (Fsp3) is 0.375. The van der Waals surface area contributed by atoms with Crippen LogP contribution in [0.3, 0.4) is 0 Å². The predicted molar refractivity (Wildman–Crippen MR) is 153 cm³/mol. The van der Waals surface area contributed by atoms with Gasteiger partial charge in [-0.25, -0.2) is 0 Å². The molecule has 0 saturated carbocycles. The molecule has 0 spiro atoms. The number of carbonyl (C=O) groups excluding carboxylic acids is 2. The van der Waals surface area contributed by atoms with Crippen molar-refractivity contribution in [3.63, 3.8) is 0 Å². The number of rotatable bonds is 10. The van der Waals surface area contributed by atoms with Crippen LogP contribution in [0.15, 0.2) is 72.8 Å². The SMILES string of the molecule is COc1ccc(N(CCc2ccc(C(F)(F)F)cc2)C(=O)C(C(=O)N2CCC(OC)CC2)c2ccccc2)cc1OC. The van der Waals surface area contributed by atoms with Gasteiger partial charge in [0.2, 0.25) is 11.8 Å². The smallest absolute Gasteiger partial charge is 0.416 e. The molecule has 1 saturated heterocycles. The van der Waals surface area contributed by atoms with Gasteiger partial charge in [-0.1, -0.05) is 42.5 Å². The first-order valence-electron chi connectivity index (χ1n) is 13.7. The number of hydrogen-bond acceptors (Lipinski definition) is 5. The van der Waals surface area contributed by atoms with E-state index in [2.05, 4.69) is 0 Å². The third kappa shape index (κ3) is 7.23.